The van der Waals surface area contributed by atoms with Crippen LogP contribution < -0.4 is 20.9 Å². The Labute approximate surface area is 146 Å². The van der Waals surface area contributed by atoms with Gasteiger partial charge in [-0.2, -0.15) is 11.3 Å². The maximum absolute atomic E-state index is 12.4. The summed E-state index contributed by atoms with van der Waals surface area (Å²) in [6, 6.07) is 11.8. The lowest BCUT2D eigenvalue weighted by molar-refractivity contribution is -0.123. The van der Waals surface area contributed by atoms with Crippen LogP contribution >= 0.6 is 11.3 Å². The summed E-state index contributed by atoms with van der Waals surface area (Å²) in [5.41, 5.74) is 7.47. The van der Waals surface area contributed by atoms with E-state index >= 15 is 0 Å². The van der Waals surface area contributed by atoms with Crippen molar-refractivity contribution in [2.24, 2.45) is 0 Å². The largest absolute Gasteiger partial charge is 0.492 e. The topological polar surface area (TPSA) is 62.4 Å². The Kier molecular flexibility index (Phi) is 5.85. The van der Waals surface area contributed by atoms with Gasteiger partial charge in [0.15, 0.2) is 0 Å². The molecule has 0 spiro atoms. The second-order valence-corrected chi connectivity index (χ2v) is 6.92. The fourth-order valence-electron chi connectivity index (χ4n) is 2.77. The highest BCUT2D eigenvalue weighted by atomic mass is 32.1. The van der Waals surface area contributed by atoms with E-state index in [0.717, 1.165) is 12.2 Å². The summed E-state index contributed by atoms with van der Waals surface area (Å²) < 4.78 is 5.74. The monoisotopic (exact) mass is 345 g/mol. The average molecular weight is 345 g/mol. The molecule has 3 rings (SSSR count). The first-order chi connectivity index (χ1) is 11.7. The van der Waals surface area contributed by atoms with Crippen molar-refractivity contribution in [3.63, 3.8) is 0 Å². The van der Waals surface area contributed by atoms with Crippen molar-refractivity contribution in [2.75, 3.05) is 6.61 Å². The molecule has 3 N–H and O–H groups in total. The van der Waals surface area contributed by atoms with Gasteiger partial charge in [-0.25, -0.2) is 5.43 Å². The molecule has 2 heterocycles. The molecule has 1 amide bonds. The van der Waals surface area contributed by atoms with Crippen molar-refractivity contribution in [3.8, 4) is 5.75 Å². The minimum Gasteiger partial charge on any atom is -0.492 e. The molecule has 2 aromatic rings. The van der Waals surface area contributed by atoms with Gasteiger partial charge in [-0.05, 0) is 54.3 Å². The molecule has 6 heteroatoms. The number of ether oxygens (including phenoxy) is 1. The lowest BCUT2D eigenvalue weighted by atomic mass is 10.1. The van der Waals surface area contributed by atoms with Crippen LogP contribution in [0.4, 0.5) is 0 Å². The third-order valence-electron chi connectivity index (χ3n) is 4.00. The maximum Gasteiger partial charge on any atom is 0.238 e. The van der Waals surface area contributed by atoms with E-state index in [0.29, 0.717) is 13.0 Å². The standard InChI is InChI=1S/C18H23N3O2S/c1-13(9-14-7-8-24-12-14)19-18(22)17-10-15(20-21-17)11-23-16-5-3-2-4-6-16/h2-8,12-13,15,17,20-21H,9-11H2,1H3,(H,19,22). The molecular weight excluding hydrogens is 322 g/mol. The maximum atomic E-state index is 12.4. The third-order valence-corrected chi connectivity index (χ3v) is 4.74. The first-order valence-corrected chi connectivity index (χ1v) is 9.15. The Bertz CT molecular complexity index is 633. The third kappa shape index (κ3) is 4.80. The van der Waals surface area contributed by atoms with E-state index in [1.54, 1.807) is 11.3 Å². The summed E-state index contributed by atoms with van der Waals surface area (Å²) in [7, 11) is 0. The molecule has 0 radical (unpaired) electrons. The van der Waals surface area contributed by atoms with Crippen molar-refractivity contribution in [1.29, 1.82) is 0 Å². The van der Waals surface area contributed by atoms with Gasteiger partial charge >= 0.3 is 0 Å². The van der Waals surface area contributed by atoms with Gasteiger partial charge in [-0.3, -0.25) is 10.2 Å². The summed E-state index contributed by atoms with van der Waals surface area (Å²) >= 11 is 1.68. The number of thiophene rings is 1. The SMILES string of the molecule is CC(Cc1ccsc1)NC(=O)C1CC(COc2ccccc2)NN1. The molecule has 24 heavy (non-hydrogen) atoms. The number of benzene rings is 1. The Hall–Kier alpha value is -1.89. The Morgan fingerprint density at radius 2 is 2.17 bits per heavy atom. The van der Waals surface area contributed by atoms with Crippen LogP contribution in [0.3, 0.4) is 0 Å². The van der Waals surface area contributed by atoms with E-state index in [1.165, 1.54) is 5.56 Å². The molecule has 0 aliphatic carbocycles. The summed E-state index contributed by atoms with van der Waals surface area (Å²) in [5.74, 6) is 0.879. The van der Waals surface area contributed by atoms with Crippen LogP contribution in [-0.2, 0) is 11.2 Å². The molecule has 3 atom stereocenters. The smallest absolute Gasteiger partial charge is 0.238 e. The van der Waals surface area contributed by atoms with Gasteiger partial charge in [-0.15, -0.1) is 0 Å². The molecular formula is C18H23N3O2S. The van der Waals surface area contributed by atoms with E-state index in [2.05, 4.69) is 33.0 Å². The highest BCUT2D eigenvalue weighted by Gasteiger charge is 2.30. The molecule has 1 aliphatic heterocycles. The molecule has 0 saturated carbocycles. The summed E-state index contributed by atoms with van der Waals surface area (Å²) in [6.07, 6.45) is 1.57. The number of hydrogen-bond acceptors (Lipinski definition) is 5. The zero-order chi connectivity index (χ0) is 16.8. The molecule has 1 saturated heterocycles. The highest BCUT2D eigenvalue weighted by molar-refractivity contribution is 7.07. The van der Waals surface area contributed by atoms with Crippen molar-refractivity contribution in [2.45, 2.75) is 37.9 Å². The Morgan fingerprint density at radius 3 is 2.92 bits per heavy atom. The number of hydrazine groups is 1. The minimum absolute atomic E-state index is 0.0347. The number of carbonyl (C=O) groups excluding carboxylic acids is 1. The Balaban J connectivity index is 1.40. The molecule has 128 valence electrons. The average Bonchev–Trinajstić information content (AvgIpc) is 3.25. The van der Waals surface area contributed by atoms with Crippen LogP contribution in [0.5, 0.6) is 5.75 Å². The van der Waals surface area contributed by atoms with Gasteiger partial charge in [0.05, 0.1) is 6.04 Å². The quantitative estimate of drug-likeness (QED) is 0.719. The van der Waals surface area contributed by atoms with Crippen LogP contribution in [0.15, 0.2) is 47.2 Å². The van der Waals surface area contributed by atoms with E-state index < -0.39 is 0 Å². The van der Waals surface area contributed by atoms with Gasteiger partial charge in [0.2, 0.25) is 5.91 Å². The van der Waals surface area contributed by atoms with Crippen LogP contribution in [0.2, 0.25) is 0 Å². The number of carbonyl (C=O) groups is 1. The summed E-state index contributed by atoms with van der Waals surface area (Å²) in [5, 5.41) is 7.26. The van der Waals surface area contributed by atoms with Crippen molar-refractivity contribution >= 4 is 17.2 Å². The van der Waals surface area contributed by atoms with E-state index in [1.807, 2.05) is 37.3 Å². The normalized spacial score (nSPS) is 21.4. The van der Waals surface area contributed by atoms with Crippen LogP contribution in [0.1, 0.15) is 18.9 Å². The fraction of sp³-hybridized carbons (Fsp3) is 0.389. The highest BCUT2D eigenvalue weighted by Crippen LogP contribution is 2.12. The first kappa shape index (κ1) is 17.0. The number of hydrogen-bond donors (Lipinski definition) is 3. The van der Waals surface area contributed by atoms with Crippen molar-refractivity contribution in [1.82, 2.24) is 16.2 Å². The van der Waals surface area contributed by atoms with Crippen LogP contribution in [-0.4, -0.2) is 30.6 Å². The molecule has 1 aromatic carbocycles. The van der Waals surface area contributed by atoms with Gasteiger partial charge in [-0.1, -0.05) is 18.2 Å². The van der Waals surface area contributed by atoms with E-state index in [9.17, 15) is 4.79 Å². The molecule has 1 fully saturated rings. The lowest BCUT2D eigenvalue weighted by Gasteiger charge is -2.16. The van der Waals surface area contributed by atoms with Gasteiger partial charge in [0, 0.05) is 6.04 Å². The molecule has 1 aromatic heterocycles. The second kappa shape index (κ2) is 8.28. The minimum atomic E-state index is -0.223. The predicted molar refractivity (Wildman–Crippen MR) is 96.0 cm³/mol. The zero-order valence-corrected chi connectivity index (χ0v) is 14.5. The van der Waals surface area contributed by atoms with Gasteiger partial charge < -0.3 is 10.1 Å². The first-order valence-electron chi connectivity index (χ1n) is 8.21. The van der Waals surface area contributed by atoms with Crippen molar-refractivity contribution < 1.29 is 9.53 Å². The number of nitrogens with one attached hydrogen (secondary N) is 3. The molecule has 0 bridgehead atoms. The molecule has 5 nitrogen and oxygen atoms in total. The van der Waals surface area contributed by atoms with Gasteiger partial charge in [0.1, 0.15) is 18.4 Å². The molecule has 3 unspecified atom stereocenters. The fourth-order valence-corrected chi connectivity index (χ4v) is 3.45. The molecule has 1 aliphatic rings. The second-order valence-electron chi connectivity index (χ2n) is 6.14. The summed E-state index contributed by atoms with van der Waals surface area (Å²) in [4.78, 5) is 12.4. The Morgan fingerprint density at radius 1 is 1.33 bits per heavy atom. The lowest BCUT2D eigenvalue weighted by Crippen LogP contribution is -2.46. The number of para-hydroxylation sites is 1. The van der Waals surface area contributed by atoms with E-state index in [-0.39, 0.29) is 24.0 Å². The number of rotatable bonds is 7. The van der Waals surface area contributed by atoms with Crippen LogP contribution in [0, 0.1) is 0 Å². The zero-order valence-electron chi connectivity index (χ0n) is 13.7. The number of amides is 1. The van der Waals surface area contributed by atoms with Gasteiger partial charge in [0.25, 0.3) is 0 Å². The van der Waals surface area contributed by atoms with Crippen LogP contribution in [0.25, 0.3) is 0 Å². The van der Waals surface area contributed by atoms with Crippen molar-refractivity contribution in [3.05, 3.63) is 52.7 Å². The summed E-state index contributed by atoms with van der Waals surface area (Å²) in [6.45, 7) is 2.57. The predicted octanol–water partition coefficient (Wildman–Crippen LogP) is 2.11. The van der Waals surface area contributed by atoms with E-state index in [4.69, 9.17) is 4.74 Å².